The Morgan fingerprint density at radius 3 is 2.62 bits per heavy atom. The molecule has 0 unspecified atom stereocenters. The zero-order valence-electron chi connectivity index (χ0n) is 19.1. The zero-order chi connectivity index (χ0) is 23.2. The second kappa shape index (κ2) is 7.95. The SMILES string of the molecule is COc1cccc([C@@H]2Oc3ccc(C)cc3C3=C2[C@H](c2ccccc2)n2ncnc2N3)c1OC. The van der Waals surface area contributed by atoms with Crippen molar-refractivity contribution >= 4 is 11.6 Å². The Hall–Kier alpha value is -4.26. The fourth-order valence-corrected chi connectivity index (χ4v) is 4.92. The van der Waals surface area contributed by atoms with Gasteiger partial charge in [-0.3, -0.25) is 0 Å². The molecule has 0 amide bonds. The molecule has 0 bridgehead atoms. The summed E-state index contributed by atoms with van der Waals surface area (Å²) in [5, 5.41) is 8.13. The molecule has 3 aromatic carbocycles. The van der Waals surface area contributed by atoms with E-state index in [4.69, 9.17) is 14.2 Å². The molecule has 1 aromatic heterocycles. The number of methoxy groups -OCH3 is 2. The van der Waals surface area contributed by atoms with E-state index in [0.29, 0.717) is 17.4 Å². The van der Waals surface area contributed by atoms with Crippen molar-refractivity contribution in [3.63, 3.8) is 0 Å². The first-order valence-electron chi connectivity index (χ1n) is 11.1. The molecule has 7 heteroatoms. The van der Waals surface area contributed by atoms with Gasteiger partial charge in [-0.05, 0) is 30.7 Å². The van der Waals surface area contributed by atoms with Gasteiger partial charge in [0.25, 0.3) is 0 Å². The quantitative estimate of drug-likeness (QED) is 0.461. The van der Waals surface area contributed by atoms with Crippen LogP contribution in [0.25, 0.3) is 5.70 Å². The number of anilines is 1. The van der Waals surface area contributed by atoms with E-state index in [0.717, 1.165) is 39.3 Å². The van der Waals surface area contributed by atoms with Crippen LogP contribution in [-0.4, -0.2) is 29.0 Å². The van der Waals surface area contributed by atoms with Crippen LogP contribution in [-0.2, 0) is 0 Å². The van der Waals surface area contributed by atoms with Gasteiger partial charge in [0.2, 0.25) is 5.95 Å². The van der Waals surface area contributed by atoms with Gasteiger partial charge in [0.1, 0.15) is 18.1 Å². The van der Waals surface area contributed by atoms with Crippen molar-refractivity contribution in [3.8, 4) is 17.2 Å². The molecule has 34 heavy (non-hydrogen) atoms. The van der Waals surface area contributed by atoms with E-state index in [9.17, 15) is 0 Å². The van der Waals surface area contributed by atoms with E-state index in [2.05, 4.69) is 46.6 Å². The number of nitrogens with one attached hydrogen (secondary N) is 1. The maximum absolute atomic E-state index is 6.73. The van der Waals surface area contributed by atoms with Gasteiger partial charge >= 0.3 is 0 Å². The van der Waals surface area contributed by atoms with Gasteiger partial charge < -0.3 is 19.5 Å². The summed E-state index contributed by atoms with van der Waals surface area (Å²) < 4.78 is 20.1. The molecule has 6 rings (SSSR count). The molecule has 7 nitrogen and oxygen atoms in total. The third-order valence-electron chi connectivity index (χ3n) is 6.40. The lowest BCUT2D eigenvalue weighted by Crippen LogP contribution is -2.32. The Kier molecular flexibility index (Phi) is 4.76. The normalized spacial score (nSPS) is 18.2. The highest BCUT2D eigenvalue weighted by Gasteiger charge is 2.42. The molecule has 0 radical (unpaired) electrons. The first-order chi connectivity index (χ1) is 16.7. The Labute approximate surface area is 197 Å². The Balaban J connectivity index is 1.66. The second-order valence-electron chi connectivity index (χ2n) is 8.38. The Morgan fingerprint density at radius 1 is 0.971 bits per heavy atom. The van der Waals surface area contributed by atoms with E-state index in [1.54, 1.807) is 20.5 Å². The monoisotopic (exact) mass is 452 g/mol. The number of aromatic nitrogens is 3. The number of benzene rings is 3. The largest absolute Gasteiger partial charge is 0.493 e. The topological polar surface area (TPSA) is 70.4 Å². The maximum Gasteiger partial charge on any atom is 0.226 e. The number of fused-ring (bicyclic) bond motifs is 3. The summed E-state index contributed by atoms with van der Waals surface area (Å²) in [5.74, 6) is 2.79. The number of para-hydroxylation sites is 1. The molecule has 0 aliphatic carbocycles. The van der Waals surface area contributed by atoms with Crippen molar-refractivity contribution in [1.29, 1.82) is 0 Å². The van der Waals surface area contributed by atoms with Crippen LogP contribution in [0.1, 0.15) is 34.4 Å². The van der Waals surface area contributed by atoms with Gasteiger partial charge in [-0.25, -0.2) is 4.68 Å². The maximum atomic E-state index is 6.73. The molecule has 3 heterocycles. The van der Waals surface area contributed by atoms with Gasteiger partial charge in [0.15, 0.2) is 17.6 Å². The van der Waals surface area contributed by atoms with Crippen LogP contribution in [0.2, 0.25) is 0 Å². The van der Waals surface area contributed by atoms with Crippen LogP contribution in [0.5, 0.6) is 17.2 Å². The fourth-order valence-electron chi connectivity index (χ4n) is 4.92. The highest BCUT2D eigenvalue weighted by Crippen LogP contribution is 2.52. The summed E-state index contributed by atoms with van der Waals surface area (Å²) in [4.78, 5) is 4.50. The lowest BCUT2D eigenvalue weighted by molar-refractivity contribution is 0.216. The summed E-state index contributed by atoms with van der Waals surface area (Å²) >= 11 is 0. The predicted octanol–water partition coefficient (Wildman–Crippen LogP) is 5.16. The van der Waals surface area contributed by atoms with E-state index in [-0.39, 0.29) is 6.04 Å². The van der Waals surface area contributed by atoms with Crippen molar-refractivity contribution in [3.05, 3.63) is 101 Å². The van der Waals surface area contributed by atoms with Gasteiger partial charge in [-0.1, -0.05) is 54.1 Å². The van der Waals surface area contributed by atoms with Crippen LogP contribution >= 0.6 is 0 Å². The molecule has 4 aromatic rings. The minimum Gasteiger partial charge on any atom is -0.493 e. The fraction of sp³-hybridized carbons (Fsp3) is 0.185. The lowest BCUT2D eigenvalue weighted by Gasteiger charge is -2.39. The highest BCUT2D eigenvalue weighted by atomic mass is 16.5. The summed E-state index contributed by atoms with van der Waals surface area (Å²) in [6.07, 6.45) is 1.14. The molecule has 0 saturated carbocycles. The smallest absolute Gasteiger partial charge is 0.226 e. The van der Waals surface area contributed by atoms with Crippen molar-refractivity contribution < 1.29 is 14.2 Å². The molecule has 1 N–H and O–H groups in total. The number of nitrogens with zero attached hydrogens (tertiary/aromatic N) is 3. The minimum atomic E-state index is -0.440. The minimum absolute atomic E-state index is 0.218. The van der Waals surface area contributed by atoms with Crippen LogP contribution < -0.4 is 19.5 Å². The average Bonchev–Trinajstić information content (AvgIpc) is 3.35. The molecule has 0 fully saturated rings. The number of hydrogen-bond donors (Lipinski definition) is 1. The van der Waals surface area contributed by atoms with E-state index in [1.165, 1.54) is 0 Å². The van der Waals surface area contributed by atoms with Gasteiger partial charge in [-0.2, -0.15) is 10.1 Å². The van der Waals surface area contributed by atoms with Gasteiger partial charge in [0, 0.05) is 16.7 Å². The number of aryl methyl sites for hydroxylation is 1. The first kappa shape index (κ1) is 20.4. The standard InChI is InChI=1S/C27H24N4O3/c1-16-12-13-20-19(14-16)23-22(26(34-20)18-10-7-11-21(32-2)25(18)33-3)24(17-8-5-4-6-9-17)31-27(30-23)28-15-29-31/h4-15,24,26H,1-3H3,(H,28,29,30)/t24-,26-/m0/s1. The summed E-state index contributed by atoms with van der Waals surface area (Å²) in [6.45, 7) is 2.08. The Morgan fingerprint density at radius 2 is 1.82 bits per heavy atom. The molecular formula is C27H24N4O3. The summed E-state index contributed by atoms with van der Waals surface area (Å²) in [6, 6.07) is 22.2. The molecular weight excluding hydrogens is 428 g/mol. The van der Waals surface area contributed by atoms with Crippen LogP contribution in [0.3, 0.4) is 0 Å². The van der Waals surface area contributed by atoms with Crippen molar-refractivity contribution in [1.82, 2.24) is 14.8 Å². The first-order valence-corrected chi connectivity index (χ1v) is 11.1. The van der Waals surface area contributed by atoms with Crippen LogP contribution in [0, 0.1) is 6.92 Å². The van der Waals surface area contributed by atoms with Crippen molar-refractivity contribution in [2.24, 2.45) is 0 Å². The Bertz CT molecular complexity index is 1410. The van der Waals surface area contributed by atoms with E-state index < -0.39 is 6.10 Å². The molecule has 170 valence electrons. The number of rotatable bonds is 4. The van der Waals surface area contributed by atoms with E-state index in [1.807, 2.05) is 47.1 Å². The number of hydrogen-bond acceptors (Lipinski definition) is 6. The van der Waals surface area contributed by atoms with Gasteiger partial charge in [0.05, 0.1) is 19.9 Å². The molecule has 2 atom stereocenters. The zero-order valence-corrected chi connectivity index (χ0v) is 19.1. The summed E-state index contributed by atoms with van der Waals surface area (Å²) in [5.41, 5.74) is 6.14. The third kappa shape index (κ3) is 3.04. The molecule has 0 spiro atoms. The molecule has 2 aliphatic rings. The molecule has 0 saturated heterocycles. The van der Waals surface area contributed by atoms with Crippen LogP contribution in [0.15, 0.2) is 78.6 Å². The predicted molar refractivity (Wildman–Crippen MR) is 129 cm³/mol. The third-order valence-corrected chi connectivity index (χ3v) is 6.40. The van der Waals surface area contributed by atoms with Gasteiger partial charge in [-0.15, -0.1) is 0 Å². The number of ether oxygens (including phenoxy) is 3. The van der Waals surface area contributed by atoms with Crippen LogP contribution in [0.4, 0.5) is 5.95 Å². The highest BCUT2D eigenvalue weighted by molar-refractivity contribution is 5.85. The average molecular weight is 453 g/mol. The lowest BCUT2D eigenvalue weighted by atomic mass is 9.84. The van der Waals surface area contributed by atoms with E-state index >= 15 is 0 Å². The molecule has 2 aliphatic heterocycles. The van der Waals surface area contributed by atoms with Crippen molar-refractivity contribution in [2.45, 2.75) is 19.1 Å². The van der Waals surface area contributed by atoms with Crippen molar-refractivity contribution in [2.75, 3.05) is 19.5 Å². The second-order valence-corrected chi connectivity index (χ2v) is 8.38. The summed E-state index contributed by atoms with van der Waals surface area (Å²) in [7, 11) is 3.29.